The number of H-pyrrole nitrogens is 1. The minimum absolute atomic E-state index is 0.142. The van der Waals surface area contributed by atoms with Crippen LogP contribution in [-0.2, 0) is 0 Å². The van der Waals surface area contributed by atoms with Crippen LogP contribution in [0, 0.1) is 13.8 Å². The van der Waals surface area contributed by atoms with Crippen LogP contribution in [0.25, 0.3) is 0 Å². The normalized spacial score (nSPS) is 11.5. The highest BCUT2D eigenvalue weighted by Crippen LogP contribution is 2.12. The lowest BCUT2D eigenvalue weighted by molar-refractivity contribution is 0.0896. The fraction of sp³-hybridized carbons (Fsp3) is 0.643. The van der Waals surface area contributed by atoms with Crippen molar-refractivity contribution < 1.29 is 9.90 Å². The van der Waals surface area contributed by atoms with Crippen LogP contribution in [0.2, 0.25) is 0 Å². The lowest BCUT2D eigenvalue weighted by Crippen LogP contribution is -2.36. The Hall–Kier alpha value is -1.13. The second-order valence-corrected chi connectivity index (χ2v) is 5.06. The number of hydrogen-bond acceptors (Lipinski definition) is 3. The Morgan fingerprint density at radius 2 is 2.11 bits per heavy atom. The van der Waals surface area contributed by atoms with Gasteiger partial charge in [-0.15, -0.1) is 0 Å². The number of carbonyl (C=O) groups is 1. The number of aromatic nitrogens is 1. The van der Waals surface area contributed by atoms with E-state index in [4.69, 9.17) is 5.11 Å². The van der Waals surface area contributed by atoms with Crippen LogP contribution < -0.4 is 0 Å². The van der Waals surface area contributed by atoms with E-state index in [0.29, 0.717) is 19.0 Å². The summed E-state index contributed by atoms with van der Waals surface area (Å²) in [6, 6.07) is 2.21. The number of aryl methyl sites for hydroxylation is 2. The van der Waals surface area contributed by atoms with Gasteiger partial charge in [0, 0.05) is 36.1 Å². The molecule has 0 radical (unpaired) electrons. The summed E-state index contributed by atoms with van der Waals surface area (Å²) in [6.07, 6.45) is 0.705. The van der Waals surface area contributed by atoms with E-state index in [9.17, 15) is 4.79 Å². The molecule has 1 aromatic heterocycles. The number of nitrogens with zero attached hydrogens (tertiary/aromatic N) is 1. The maximum absolute atomic E-state index is 12.2. The molecule has 0 aliphatic rings. The van der Waals surface area contributed by atoms with E-state index < -0.39 is 0 Å². The summed E-state index contributed by atoms with van der Waals surface area (Å²) in [5.41, 5.74) is 2.73. The smallest absolute Gasteiger partial charge is 0.178 e. The summed E-state index contributed by atoms with van der Waals surface area (Å²) in [6.45, 7) is 9.35. The molecule has 0 aromatic carbocycles. The molecule has 0 aliphatic heterocycles. The first-order valence-corrected chi connectivity index (χ1v) is 6.50. The van der Waals surface area contributed by atoms with Crippen molar-refractivity contribution in [1.29, 1.82) is 0 Å². The zero-order chi connectivity index (χ0) is 13.7. The summed E-state index contributed by atoms with van der Waals surface area (Å²) in [7, 11) is 0. The van der Waals surface area contributed by atoms with Gasteiger partial charge in [-0.25, -0.2) is 0 Å². The predicted octanol–water partition coefficient (Wildman–Crippen LogP) is 1.91. The molecular formula is C14H24N2O2. The Kier molecular flexibility index (Phi) is 5.56. The molecule has 18 heavy (non-hydrogen) atoms. The zero-order valence-electron chi connectivity index (χ0n) is 11.8. The fourth-order valence-corrected chi connectivity index (χ4v) is 2.08. The van der Waals surface area contributed by atoms with Gasteiger partial charge in [-0.3, -0.25) is 9.69 Å². The summed E-state index contributed by atoms with van der Waals surface area (Å²) >= 11 is 0. The van der Waals surface area contributed by atoms with Gasteiger partial charge in [0.2, 0.25) is 0 Å². The molecule has 0 atom stereocenters. The number of hydrogen-bond donors (Lipinski definition) is 2. The monoisotopic (exact) mass is 252 g/mol. The number of carbonyl (C=O) groups excluding carboxylic acids is 1. The third kappa shape index (κ3) is 3.96. The standard InChI is InChI=1S/C14H24N2O2/c1-10(2)16(6-5-7-17)9-14(18)13-8-11(3)15-12(13)4/h8,10,15,17H,5-7,9H2,1-4H3. The van der Waals surface area contributed by atoms with Gasteiger partial charge in [-0.05, 0) is 40.2 Å². The summed E-state index contributed by atoms with van der Waals surface area (Å²) in [4.78, 5) is 17.5. The first-order chi connectivity index (χ1) is 8.45. The van der Waals surface area contributed by atoms with E-state index in [-0.39, 0.29) is 12.4 Å². The van der Waals surface area contributed by atoms with Crippen LogP contribution in [0.5, 0.6) is 0 Å². The van der Waals surface area contributed by atoms with Gasteiger partial charge in [0.25, 0.3) is 0 Å². The summed E-state index contributed by atoms with van der Waals surface area (Å²) in [5, 5.41) is 8.88. The van der Waals surface area contributed by atoms with Gasteiger partial charge in [0.15, 0.2) is 5.78 Å². The molecule has 0 aliphatic carbocycles. The molecule has 1 rings (SSSR count). The van der Waals surface area contributed by atoms with Crippen molar-refractivity contribution >= 4 is 5.78 Å². The van der Waals surface area contributed by atoms with Gasteiger partial charge in [-0.2, -0.15) is 0 Å². The van der Waals surface area contributed by atoms with E-state index in [1.165, 1.54) is 0 Å². The largest absolute Gasteiger partial charge is 0.396 e. The average molecular weight is 252 g/mol. The van der Waals surface area contributed by atoms with Gasteiger partial charge >= 0.3 is 0 Å². The molecule has 4 nitrogen and oxygen atoms in total. The van der Waals surface area contributed by atoms with E-state index in [0.717, 1.165) is 23.5 Å². The predicted molar refractivity (Wildman–Crippen MR) is 73.0 cm³/mol. The molecule has 0 unspecified atom stereocenters. The molecule has 1 heterocycles. The van der Waals surface area contributed by atoms with Crippen molar-refractivity contribution in [2.24, 2.45) is 0 Å². The van der Waals surface area contributed by atoms with Crippen molar-refractivity contribution in [1.82, 2.24) is 9.88 Å². The fourth-order valence-electron chi connectivity index (χ4n) is 2.08. The van der Waals surface area contributed by atoms with E-state index in [1.54, 1.807) is 0 Å². The number of rotatable bonds is 7. The van der Waals surface area contributed by atoms with E-state index in [2.05, 4.69) is 23.7 Å². The molecule has 1 aromatic rings. The first-order valence-electron chi connectivity index (χ1n) is 6.50. The van der Waals surface area contributed by atoms with Crippen LogP contribution >= 0.6 is 0 Å². The maximum Gasteiger partial charge on any atom is 0.178 e. The average Bonchev–Trinajstić information content (AvgIpc) is 2.63. The third-order valence-corrected chi connectivity index (χ3v) is 3.13. The molecule has 0 saturated carbocycles. The number of aliphatic hydroxyl groups excluding tert-OH is 1. The lowest BCUT2D eigenvalue weighted by Gasteiger charge is -2.25. The zero-order valence-corrected chi connectivity index (χ0v) is 11.8. The van der Waals surface area contributed by atoms with Crippen LogP contribution in [0.4, 0.5) is 0 Å². The second-order valence-electron chi connectivity index (χ2n) is 5.06. The molecular weight excluding hydrogens is 228 g/mol. The molecule has 4 heteroatoms. The Bertz CT molecular complexity index is 396. The van der Waals surface area contributed by atoms with Gasteiger partial charge in [0.05, 0.1) is 6.54 Å². The highest BCUT2D eigenvalue weighted by atomic mass is 16.3. The topological polar surface area (TPSA) is 56.3 Å². The van der Waals surface area contributed by atoms with Crippen LogP contribution in [-0.4, -0.2) is 46.5 Å². The second kappa shape index (κ2) is 6.71. The molecule has 102 valence electrons. The Morgan fingerprint density at radius 3 is 2.56 bits per heavy atom. The molecule has 2 N–H and O–H groups in total. The Labute approximate surface area is 109 Å². The van der Waals surface area contributed by atoms with Crippen LogP contribution in [0.1, 0.15) is 42.0 Å². The SMILES string of the molecule is Cc1cc(C(=O)CN(CCCO)C(C)C)c(C)[nH]1. The van der Waals surface area contributed by atoms with Crippen molar-refractivity contribution in [3.63, 3.8) is 0 Å². The van der Waals surface area contributed by atoms with Crippen molar-refractivity contribution in [3.8, 4) is 0 Å². The van der Waals surface area contributed by atoms with E-state index in [1.807, 2.05) is 19.9 Å². The van der Waals surface area contributed by atoms with Gasteiger partial charge < -0.3 is 10.1 Å². The molecule has 0 bridgehead atoms. The highest BCUT2D eigenvalue weighted by molar-refractivity contribution is 5.98. The molecule has 0 saturated heterocycles. The van der Waals surface area contributed by atoms with Crippen molar-refractivity contribution in [2.75, 3.05) is 19.7 Å². The molecule has 0 amide bonds. The quantitative estimate of drug-likeness (QED) is 0.729. The Balaban J connectivity index is 2.69. The minimum Gasteiger partial charge on any atom is -0.396 e. The van der Waals surface area contributed by atoms with Crippen LogP contribution in [0.3, 0.4) is 0 Å². The molecule has 0 spiro atoms. The number of aromatic amines is 1. The van der Waals surface area contributed by atoms with Crippen molar-refractivity contribution in [2.45, 2.75) is 40.2 Å². The maximum atomic E-state index is 12.2. The highest BCUT2D eigenvalue weighted by Gasteiger charge is 2.17. The number of nitrogens with one attached hydrogen (secondary N) is 1. The number of Topliss-reactive ketones (excluding diaryl/α,β-unsaturated/α-hetero) is 1. The number of aliphatic hydroxyl groups is 1. The minimum atomic E-state index is 0.142. The van der Waals surface area contributed by atoms with Crippen LogP contribution in [0.15, 0.2) is 6.07 Å². The first kappa shape index (κ1) is 14.9. The molecule has 0 fully saturated rings. The van der Waals surface area contributed by atoms with Gasteiger partial charge in [0.1, 0.15) is 0 Å². The summed E-state index contributed by atoms with van der Waals surface area (Å²) in [5.74, 6) is 0.142. The Morgan fingerprint density at radius 1 is 1.44 bits per heavy atom. The summed E-state index contributed by atoms with van der Waals surface area (Å²) < 4.78 is 0. The lowest BCUT2D eigenvalue weighted by atomic mass is 10.1. The number of ketones is 1. The van der Waals surface area contributed by atoms with Gasteiger partial charge in [-0.1, -0.05) is 0 Å². The van der Waals surface area contributed by atoms with E-state index >= 15 is 0 Å². The third-order valence-electron chi connectivity index (χ3n) is 3.13. The van der Waals surface area contributed by atoms with Crippen molar-refractivity contribution in [3.05, 3.63) is 23.0 Å².